The molecule has 9 heteroatoms. The first-order valence-electron chi connectivity index (χ1n) is 7.83. The van der Waals surface area contributed by atoms with Crippen LogP contribution in [0.4, 0.5) is 4.39 Å². The summed E-state index contributed by atoms with van der Waals surface area (Å²) in [7, 11) is 0. The summed E-state index contributed by atoms with van der Waals surface area (Å²) in [6, 6.07) is -0.112. The number of fused-ring (bicyclic) bond motifs is 4. The third-order valence-corrected chi connectivity index (χ3v) is 5.98. The highest BCUT2D eigenvalue weighted by Gasteiger charge is 2.76. The molecule has 2 aromatic heterocycles. The van der Waals surface area contributed by atoms with Crippen molar-refractivity contribution in [2.45, 2.75) is 44.3 Å². The van der Waals surface area contributed by atoms with Crippen molar-refractivity contribution in [2.75, 3.05) is 6.67 Å². The largest absolute Gasteiger partial charge is 0.344 e. The molecule has 2 saturated carbocycles. The molecule has 3 fully saturated rings. The van der Waals surface area contributed by atoms with Gasteiger partial charge in [0.1, 0.15) is 11.6 Å². The fraction of sp³-hybridized carbons (Fsp3) is 0.667. The maximum absolute atomic E-state index is 13.8. The fourth-order valence-corrected chi connectivity index (χ4v) is 4.93. The lowest BCUT2D eigenvalue weighted by atomic mass is 10.0. The molecule has 128 valence electrons. The number of hydrogen-bond donors (Lipinski definition) is 0. The van der Waals surface area contributed by atoms with E-state index in [1.165, 1.54) is 0 Å². The zero-order chi connectivity index (χ0) is 16.9. The molecule has 0 bridgehead atoms. The summed E-state index contributed by atoms with van der Waals surface area (Å²) in [5.41, 5.74) is 0.549. The number of ether oxygens (including phenoxy) is 2. The number of nitrogens with zero attached hydrogens (tertiary/aromatic N) is 4. The van der Waals surface area contributed by atoms with Crippen LogP contribution < -0.4 is 0 Å². The van der Waals surface area contributed by atoms with Crippen LogP contribution in [0.25, 0.3) is 11.2 Å². The number of imidazole rings is 1. The molecule has 0 aromatic carbocycles. The summed E-state index contributed by atoms with van der Waals surface area (Å²) in [6.07, 6.45) is 1.91. The van der Waals surface area contributed by atoms with Crippen molar-refractivity contribution in [1.29, 1.82) is 0 Å². The van der Waals surface area contributed by atoms with Crippen LogP contribution in [0.15, 0.2) is 6.33 Å². The van der Waals surface area contributed by atoms with Gasteiger partial charge in [-0.3, -0.25) is 4.39 Å². The smallest absolute Gasteiger partial charge is 0.225 e. The number of hydrogen-bond acceptors (Lipinski definition) is 5. The van der Waals surface area contributed by atoms with Crippen LogP contribution in [0.1, 0.15) is 26.3 Å². The highest BCUT2D eigenvalue weighted by Crippen LogP contribution is 2.71. The topological polar surface area (TPSA) is 62.1 Å². The second-order valence-corrected chi connectivity index (χ2v) is 7.99. The van der Waals surface area contributed by atoms with E-state index >= 15 is 0 Å². The molecule has 0 N–H and O–H groups in total. The van der Waals surface area contributed by atoms with Crippen LogP contribution in [-0.2, 0) is 9.47 Å². The van der Waals surface area contributed by atoms with Gasteiger partial charge in [0, 0.05) is 5.41 Å². The van der Waals surface area contributed by atoms with Crippen LogP contribution in [0.2, 0.25) is 10.4 Å². The molecule has 0 amide bonds. The zero-order valence-electron chi connectivity index (χ0n) is 13.0. The molecule has 3 aliphatic rings. The van der Waals surface area contributed by atoms with E-state index in [0.717, 1.165) is 6.42 Å². The summed E-state index contributed by atoms with van der Waals surface area (Å²) < 4.78 is 27.9. The first-order valence-corrected chi connectivity index (χ1v) is 8.59. The minimum atomic E-state index is -0.732. The van der Waals surface area contributed by atoms with E-state index < -0.39 is 17.9 Å². The van der Waals surface area contributed by atoms with Gasteiger partial charge in [-0.1, -0.05) is 11.6 Å². The van der Waals surface area contributed by atoms with E-state index in [2.05, 4.69) is 15.0 Å². The van der Waals surface area contributed by atoms with Crippen molar-refractivity contribution in [2.24, 2.45) is 11.3 Å². The minimum Gasteiger partial charge on any atom is -0.344 e. The summed E-state index contributed by atoms with van der Waals surface area (Å²) >= 11 is 12.1. The third kappa shape index (κ3) is 1.81. The Morgan fingerprint density at radius 2 is 2.12 bits per heavy atom. The number of rotatable bonds is 2. The van der Waals surface area contributed by atoms with Crippen LogP contribution in [0, 0.1) is 11.3 Å². The Kier molecular flexibility index (Phi) is 2.91. The van der Waals surface area contributed by atoms with Gasteiger partial charge in [-0.05, 0) is 37.8 Å². The van der Waals surface area contributed by atoms with Gasteiger partial charge in [0.15, 0.2) is 16.6 Å². The first kappa shape index (κ1) is 15.3. The molecule has 0 spiro atoms. The zero-order valence-corrected chi connectivity index (χ0v) is 14.6. The molecule has 1 saturated heterocycles. The van der Waals surface area contributed by atoms with Crippen LogP contribution in [-0.4, -0.2) is 44.2 Å². The fourth-order valence-electron chi connectivity index (χ4n) is 4.51. The molecule has 1 aliphatic heterocycles. The van der Waals surface area contributed by atoms with Crippen LogP contribution >= 0.6 is 23.2 Å². The summed E-state index contributed by atoms with van der Waals surface area (Å²) in [6.45, 7) is 3.29. The number of aromatic nitrogens is 4. The highest BCUT2D eigenvalue weighted by atomic mass is 35.5. The predicted molar refractivity (Wildman–Crippen MR) is 84.7 cm³/mol. The first-order chi connectivity index (χ1) is 11.4. The van der Waals surface area contributed by atoms with Crippen LogP contribution in [0.3, 0.4) is 0 Å². The van der Waals surface area contributed by atoms with Gasteiger partial charge in [0.2, 0.25) is 5.28 Å². The predicted octanol–water partition coefficient (Wildman–Crippen LogP) is 3.18. The molecule has 5 atom stereocenters. The lowest BCUT2D eigenvalue weighted by molar-refractivity contribution is -0.161. The highest BCUT2D eigenvalue weighted by molar-refractivity contribution is 6.35. The molecule has 5 rings (SSSR count). The maximum Gasteiger partial charge on any atom is 0.225 e. The lowest BCUT2D eigenvalue weighted by Crippen LogP contribution is -2.32. The Bertz CT molecular complexity index is 859. The van der Waals surface area contributed by atoms with Crippen molar-refractivity contribution in [3.8, 4) is 0 Å². The standard InChI is InChI=1S/C15H15Cl2FN4O2/c1-14(2)23-9-8(6-3-15(6,4-18)10(9)24-14)22-5-19-7-11(16)20-13(17)21-12(7)22/h5-6,8-10H,3-4H2,1-2H3/t6-,8-,9+,10+,15+/m1/s1. The van der Waals surface area contributed by atoms with Crippen molar-refractivity contribution in [3.63, 3.8) is 0 Å². The third-order valence-electron chi connectivity index (χ3n) is 5.54. The normalized spacial score (nSPS) is 39.2. The average Bonchev–Trinajstić information content (AvgIpc) is 2.78. The molecule has 2 aliphatic carbocycles. The van der Waals surface area contributed by atoms with Gasteiger partial charge in [-0.2, -0.15) is 4.98 Å². The van der Waals surface area contributed by atoms with Gasteiger partial charge in [-0.15, -0.1) is 0 Å². The van der Waals surface area contributed by atoms with Crippen molar-refractivity contribution in [1.82, 2.24) is 19.5 Å². The van der Waals surface area contributed by atoms with Gasteiger partial charge < -0.3 is 14.0 Å². The molecular formula is C15H15Cl2FN4O2. The minimum absolute atomic E-state index is 0.0558. The Morgan fingerprint density at radius 3 is 2.88 bits per heavy atom. The van der Waals surface area contributed by atoms with Gasteiger partial charge >= 0.3 is 0 Å². The monoisotopic (exact) mass is 372 g/mol. The lowest BCUT2D eigenvalue weighted by Gasteiger charge is -2.24. The molecule has 0 unspecified atom stereocenters. The van der Waals surface area contributed by atoms with Crippen molar-refractivity contribution < 1.29 is 13.9 Å². The molecule has 6 nitrogen and oxygen atoms in total. The Labute approximate surface area is 147 Å². The molecule has 0 radical (unpaired) electrons. The molecule has 24 heavy (non-hydrogen) atoms. The van der Waals surface area contributed by atoms with E-state index in [4.69, 9.17) is 32.7 Å². The van der Waals surface area contributed by atoms with Gasteiger partial charge in [0.05, 0.1) is 25.1 Å². The van der Waals surface area contributed by atoms with E-state index in [9.17, 15) is 4.39 Å². The number of halogens is 3. The Morgan fingerprint density at radius 1 is 1.33 bits per heavy atom. The Balaban J connectivity index is 1.65. The summed E-state index contributed by atoms with van der Waals surface area (Å²) in [5.74, 6) is -0.609. The average molecular weight is 373 g/mol. The van der Waals surface area contributed by atoms with E-state index in [-0.39, 0.29) is 34.6 Å². The van der Waals surface area contributed by atoms with Crippen molar-refractivity contribution >= 4 is 34.4 Å². The molecular weight excluding hydrogens is 358 g/mol. The van der Waals surface area contributed by atoms with E-state index in [1.807, 2.05) is 18.4 Å². The number of alkyl halides is 1. The van der Waals surface area contributed by atoms with Gasteiger partial charge in [0.25, 0.3) is 0 Å². The quantitative estimate of drug-likeness (QED) is 0.598. The molecule has 2 aromatic rings. The van der Waals surface area contributed by atoms with E-state index in [0.29, 0.717) is 11.2 Å². The van der Waals surface area contributed by atoms with Gasteiger partial charge in [-0.25, -0.2) is 9.97 Å². The van der Waals surface area contributed by atoms with Crippen LogP contribution in [0.5, 0.6) is 0 Å². The summed E-state index contributed by atoms with van der Waals surface area (Å²) in [4.78, 5) is 12.5. The van der Waals surface area contributed by atoms with E-state index in [1.54, 1.807) is 6.33 Å². The SMILES string of the molecule is CC1(C)O[C@H]2[C@H](n3cnc4c(Cl)nc(Cl)nc43)[C@H]3C[C@@]3(CF)[C@H]2O1. The summed E-state index contributed by atoms with van der Waals surface area (Å²) in [5, 5.41) is 0.259. The maximum atomic E-state index is 13.8. The second kappa shape index (κ2) is 4.58. The molecule has 3 heterocycles. The van der Waals surface area contributed by atoms with Crippen molar-refractivity contribution in [3.05, 3.63) is 16.8 Å². The Hall–Kier alpha value is -1.02. The second-order valence-electron chi connectivity index (χ2n) is 7.30.